The third-order valence-corrected chi connectivity index (χ3v) is 5.21. The van der Waals surface area contributed by atoms with Gasteiger partial charge >= 0.3 is 12.4 Å². The Bertz CT molecular complexity index is 1110. The Morgan fingerprint density at radius 2 is 1.35 bits per heavy atom. The molecule has 0 amide bonds. The predicted molar refractivity (Wildman–Crippen MR) is 100 cm³/mol. The molecular formula is C23H14F6IrN-. The molecule has 1 heterocycles. The van der Waals surface area contributed by atoms with Crippen LogP contribution < -0.4 is 0 Å². The van der Waals surface area contributed by atoms with Crippen LogP contribution in [0.15, 0.2) is 71.7 Å². The summed E-state index contributed by atoms with van der Waals surface area (Å²) in [5.41, 5.74) is 0.277. The molecule has 1 nitrogen and oxygen atoms in total. The normalized spacial score (nSPS) is 18.2. The van der Waals surface area contributed by atoms with Crippen molar-refractivity contribution in [2.45, 2.75) is 24.8 Å². The zero-order valence-electron chi connectivity index (χ0n) is 15.9. The average Bonchev–Trinajstić information content (AvgIpc) is 3.01. The maximum atomic E-state index is 12.9. The van der Waals surface area contributed by atoms with Gasteiger partial charge < -0.3 is 4.99 Å². The molecule has 1 aliphatic rings. The summed E-state index contributed by atoms with van der Waals surface area (Å²) in [6.07, 6.45) is -8.92. The smallest absolute Gasteiger partial charge is 0.316 e. The van der Waals surface area contributed by atoms with Crippen LogP contribution in [0.4, 0.5) is 26.3 Å². The molecule has 1 radical (unpaired) electrons. The summed E-state index contributed by atoms with van der Waals surface area (Å²) < 4.78 is 77.4. The molecule has 1 aliphatic heterocycles. The molecule has 0 spiro atoms. The molecule has 31 heavy (non-hydrogen) atoms. The molecule has 0 aromatic heterocycles. The summed E-state index contributed by atoms with van der Waals surface area (Å²) in [7, 11) is 0. The Hall–Kier alpha value is -2.44. The molecule has 1 unspecified atom stereocenters. The Labute approximate surface area is 188 Å². The topological polar surface area (TPSA) is 12.4 Å². The zero-order valence-corrected chi connectivity index (χ0v) is 18.3. The van der Waals surface area contributed by atoms with Crippen LogP contribution >= 0.6 is 0 Å². The van der Waals surface area contributed by atoms with Crippen LogP contribution in [0.25, 0.3) is 0 Å². The van der Waals surface area contributed by atoms with Crippen LogP contribution in [0.2, 0.25) is 0 Å². The van der Waals surface area contributed by atoms with Crippen molar-refractivity contribution in [3.63, 3.8) is 0 Å². The van der Waals surface area contributed by atoms with Gasteiger partial charge in [-0.15, -0.1) is 29.8 Å². The van der Waals surface area contributed by atoms with Gasteiger partial charge in [0.15, 0.2) is 0 Å². The van der Waals surface area contributed by atoms with E-state index in [0.29, 0.717) is 22.4 Å². The van der Waals surface area contributed by atoms with E-state index in [9.17, 15) is 26.3 Å². The van der Waals surface area contributed by atoms with Crippen molar-refractivity contribution in [1.82, 2.24) is 0 Å². The Kier molecular flexibility index (Phi) is 5.93. The van der Waals surface area contributed by atoms with Crippen molar-refractivity contribution in [3.8, 4) is 0 Å². The molecule has 8 heteroatoms. The van der Waals surface area contributed by atoms with Crippen molar-refractivity contribution in [1.29, 1.82) is 0 Å². The Balaban J connectivity index is 0.00000272. The van der Waals surface area contributed by atoms with E-state index in [2.05, 4.69) is 6.07 Å². The van der Waals surface area contributed by atoms with E-state index >= 15 is 0 Å². The van der Waals surface area contributed by atoms with E-state index in [4.69, 9.17) is 4.99 Å². The number of fused-ring (bicyclic) bond motifs is 1. The first-order chi connectivity index (χ1) is 14.0. The number of benzene rings is 3. The summed E-state index contributed by atoms with van der Waals surface area (Å²) in [4.78, 5) is 4.74. The SMILES string of the molecule is CC1(c2ccc(C(F)(F)F)cc2)N=C(c2[c-]cc(C(F)(F)F)cc2)c2ccccc21.[Ir]. The first kappa shape index (κ1) is 23.2. The second-order valence-corrected chi connectivity index (χ2v) is 7.14. The molecule has 0 N–H and O–H groups in total. The van der Waals surface area contributed by atoms with E-state index in [1.807, 2.05) is 6.07 Å². The van der Waals surface area contributed by atoms with Crippen LogP contribution in [0.3, 0.4) is 0 Å². The van der Waals surface area contributed by atoms with Gasteiger partial charge in [0.05, 0.1) is 11.1 Å². The van der Waals surface area contributed by atoms with Crippen molar-refractivity contribution >= 4 is 5.71 Å². The minimum atomic E-state index is -4.47. The van der Waals surface area contributed by atoms with Gasteiger partial charge in [0.1, 0.15) is 0 Å². The maximum Gasteiger partial charge on any atom is 0.416 e. The van der Waals surface area contributed by atoms with E-state index < -0.39 is 29.0 Å². The largest absolute Gasteiger partial charge is 0.416 e. The monoisotopic (exact) mass is 611 g/mol. The van der Waals surface area contributed by atoms with Crippen molar-refractivity contribution in [2.75, 3.05) is 0 Å². The summed E-state index contributed by atoms with van der Waals surface area (Å²) in [6.45, 7) is 1.77. The Morgan fingerprint density at radius 1 is 0.774 bits per heavy atom. The molecule has 0 aliphatic carbocycles. The number of aliphatic imine (C=N–C) groups is 1. The van der Waals surface area contributed by atoms with Gasteiger partial charge in [-0.3, -0.25) is 0 Å². The number of hydrogen-bond donors (Lipinski definition) is 0. The van der Waals surface area contributed by atoms with Gasteiger partial charge in [-0.25, -0.2) is 0 Å². The number of halogens is 6. The van der Waals surface area contributed by atoms with Gasteiger partial charge in [0.2, 0.25) is 0 Å². The van der Waals surface area contributed by atoms with Crippen LogP contribution in [-0.2, 0) is 38.0 Å². The van der Waals surface area contributed by atoms with Gasteiger partial charge in [-0.1, -0.05) is 36.4 Å². The fourth-order valence-corrected chi connectivity index (χ4v) is 3.62. The first-order valence-electron chi connectivity index (χ1n) is 8.97. The van der Waals surface area contributed by atoms with Gasteiger partial charge in [-0.2, -0.15) is 26.3 Å². The molecule has 0 saturated carbocycles. The molecular weight excluding hydrogens is 596 g/mol. The zero-order chi connectivity index (χ0) is 21.7. The Morgan fingerprint density at radius 3 is 1.90 bits per heavy atom. The molecule has 0 fully saturated rings. The number of rotatable bonds is 2. The predicted octanol–water partition coefficient (Wildman–Crippen LogP) is 6.64. The first-order valence-corrected chi connectivity index (χ1v) is 8.97. The van der Waals surface area contributed by atoms with Crippen molar-refractivity contribution < 1.29 is 46.4 Å². The van der Waals surface area contributed by atoms with E-state index in [-0.39, 0.29) is 20.1 Å². The minimum Gasteiger partial charge on any atom is -0.316 e. The van der Waals surface area contributed by atoms with Gasteiger partial charge in [0.25, 0.3) is 0 Å². The molecule has 4 rings (SSSR count). The summed E-state index contributed by atoms with van der Waals surface area (Å²) in [5, 5.41) is 0. The van der Waals surface area contributed by atoms with Crippen molar-refractivity contribution in [2.24, 2.45) is 4.99 Å². The number of nitrogens with zero attached hydrogens (tertiary/aromatic N) is 1. The average molecular weight is 611 g/mol. The van der Waals surface area contributed by atoms with Gasteiger partial charge in [0, 0.05) is 20.1 Å². The van der Waals surface area contributed by atoms with E-state index in [0.717, 1.165) is 29.8 Å². The molecule has 1 atom stereocenters. The quantitative estimate of drug-likeness (QED) is 0.228. The third kappa shape index (κ3) is 4.19. The minimum absolute atomic E-state index is 0. The fourth-order valence-electron chi connectivity index (χ4n) is 3.62. The van der Waals surface area contributed by atoms with E-state index in [1.54, 1.807) is 25.1 Å². The molecule has 3 aromatic rings. The fraction of sp³-hybridized carbons (Fsp3) is 0.174. The van der Waals surface area contributed by atoms with Crippen LogP contribution in [0, 0.1) is 6.07 Å². The standard InChI is InChI=1S/C23H14F6N.Ir/c1-21(15-10-12-17(13-11-15)23(27,28)29)19-5-3-2-4-18(19)20(30-21)14-6-8-16(9-7-14)22(24,25)26;/h2-6,8-13H,1H3;/q-1;. The molecule has 0 saturated heterocycles. The van der Waals surface area contributed by atoms with Crippen LogP contribution in [-0.4, -0.2) is 5.71 Å². The second kappa shape index (κ2) is 7.92. The second-order valence-electron chi connectivity index (χ2n) is 7.14. The summed E-state index contributed by atoms with van der Waals surface area (Å²) in [5.74, 6) is 0. The summed E-state index contributed by atoms with van der Waals surface area (Å²) in [6, 6.07) is 17.7. The van der Waals surface area contributed by atoms with E-state index in [1.165, 1.54) is 18.2 Å². The van der Waals surface area contributed by atoms with Gasteiger partial charge in [-0.05, 0) is 47.0 Å². The third-order valence-electron chi connectivity index (χ3n) is 5.21. The van der Waals surface area contributed by atoms with Crippen LogP contribution in [0.5, 0.6) is 0 Å². The van der Waals surface area contributed by atoms with Crippen LogP contribution in [0.1, 0.15) is 40.3 Å². The maximum absolute atomic E-state index is 12.9. The summed E-state index contributed by atoms with van der Waals surface area (Å²) >= 11 is 0. The number of alkyl halides is 6. The molecule has 163 valence electrons. The number of hydrogen-bond acceptors (Lipinski definition) is 1. The molecule has 3 aromatic carbocycles. The molecule has 0 bridgehead atoms. The van der Waals surface area contributed by atoms with Crippen molar-refractivity contribution in [3.05, 3.63) is 106 Å².